The van der Waals surface area contributed by atoms with Crippen molar-refractivity contribution in [2.75, 3.05) is 0 Å². The van der Waals surface area contributed by atoms with Crippen molar-refractivity contribution >= 4 is 0 Å². The smallest absolute Gasteiger partial charge is 0.00179 e. The Morgan fingerprint density at radius 2 is 1.39 bits per heavy atom. The van der Waals surface area contributed by atoms with Crippen molar-refractivity contribution in [2.45, 2.75) is 110 Å². The normalized spacial score (nSPS) is 36.7. The number of allylic oxidation sites excluding steroid dienone is 1. The fraction of sp³-hybridized carbons (Fsp3) is 0.758. The summed E-state index contributed by atoms with van der Waals surface area (Å²) >= 11 is 0. The maximum Gasteiger partial charge on any atom is 0.00179 e. The molecule has 0 aromatic heterocycles. The minimum Gasteiger partial charge on any atom is -0.103 e. The molecule has 33 heavy (non-hydrogen) atoms. The molecular formula is C33H50. The van der Waals surface area contributed by atoms with Crippen LogP contribution in [0.25, 0.3) is 0 Å². The summed E-state index contributed by atoms with van der Waals surface area (Å²) in [5, 5.41) is 0. The van der Waals surface area contributed by atoms with E-state index in [1.54, 1.807) is 5.56 Å². The van der Waals surface area contributed by atoms with Gasteiger partial charge in [-0.15, -0.1) is 6.58 Å². The Balaban J connectivity index is 1.64. The third-order valence-electron chi connectivity index (χ3n) is 11.3. The zero-order valence-corrected chi connectivity index (χ0v) is 21.9. The monoisotopic (exact) mass is 446 g/mol. The highest BCUT2D eigenvalue weighted by Gasteiger charge is 2.61. The van der Waals surface area contributed by atoms with E-state index in [1.807, 2.05) is 0 Å². The highest BCUT2D eigenvalue weighted by Crippen LogP contribution is 2.67. The van der Waals surface area contributed by atoms with Crippen LogP contribution in [0, 0.1) is 46.8 Å². The maximum atomic E-state index is 4.22. The van der Waals surface area contributed by atoms with E-state index < -0.39 is 0 Å². The molecule has 0 N–H and O–H groups in total. The van der Waals surface area contributed by atoms with Crippen LogP contribution in [0.5, 0.6) is 0 Å². The third kappa shape index (κ3) is 4.16. The Labute approximate surface area is 205 Å². The Bertz CT molecular complexity index is 778. The second kappa shape index (κ2) is 9.54. The van der Waals surface area contributed by atoms with Crippen molar-refractivity contribution in [1.82, 2.24) is 0 Å². The summed E-state index contributed by atoms with van der Waals surface area (Å²) in [6, 6.07) is 12.0. The summed E-state index contributed by atoms with van der Waals surface area (Å²) in [4.78, 5) is 0. The molecule has 1 aromatic rings. The molecule has 0 aliphatic heterocycles. The number of hydrogen-bond donors (Lipinski definition) is 0. The molecule has 0 nitrogen and oxygen atoms in total. The standard InChI is InChI=1S/C33H50/c1-5-6-22-33(25-16-10-11-17-25,24-14-8-7-9-15-24)31-29-19-13-12-18-27(29)28-21-20-26(23-30(28)31)32(2,3)4/h5,7-9,14-15,25-31H,1,6,10-13,16-23H2,2-4H3. The zero-order valence-electron chi connectivity index (χ0n) is 21.9. The van der Waals surface area contributed by atoms with Crippen molar-refractivity contribution in [1.29, 1.82) is 0 Å². The quantitative estimate of drug-likeness (QED) is 0.381. The van der Waals surface area contributed by atoms with Crippen LogP contribution in [-0.4, -0.2) is 0 Å². The van der Waals surface area contributed by atoms with E-state index in [0.29, 0.717) is 10.8 Å². The molecule has 0 saturated heterocycles. The van der Waals surface area contributed by atoms with Gasteiger partial charge >= 0.3 is 0 Å². The largest absolute Gasteiger partial charge is 0.103 e. The summed E-state index contributed by atoms with van der Waals surface area (Å²) in [5.74, 6) is 6.61. The first kappa shape index (κ1) is 23.7. The molecule has 0 amide bonds. The zero-order chi connectivity index (χ0) is 23.1. The van der Waals surface area contributed by atoms with Crippen molar-refractivity contribution < 1.29 is 0 Å². The first-order chi connectivity index (χ1) is 16.0. The second-order valence-electron chi connectivity index (χ2n) is 13.6. The van der Waals surface area contributed by atoms with Gasteiger partial charge in [0.25, 0.3) is 0 Å². The second-order valence-corrected chi connectivity index (χ2v) is 13.6. The topological polar surface area (TPSA) is 0 Å². The third-order valence-corrected chi connectivity index (χ3v) is 11.3. The highest BCUT2D eigenvalue weighted by atomic mass is 14.7. The van der Waals surface area contributed by atoms with E-state index in [2.05, 4.69) is 63.8 Å². The minimum absolute atomic E-state index is 0.366. The Morgan fingerprint density at radius 1 is 0.758 bits per heavy atom. The lowest BCUT2D eigenvalue weighted by molar-refractivity contribution is 0.0317. The Morgan fingerprint density at radius 3 is 2.06 bits per heavy atom. The molecule has 5 rings (SSSR count). The number of benzene rings is 1. The molecule has 7 atom stereocenters. The molecular weight excluding hydrogens is 396 g/mol. The van der Waals surface area contributed by atoms with E-state index in [-0.39, 0.29) is 0 Å². The van der Waals surface area contributed by atoms with Gasteiger partial charge < -0.3 is 0 Å². The molecule has 0 heterocycles. The predicted molar refractivity (Wildman–Crippen MR) is 142 cm³/mol. The van der Waals surface area contributed by atoms with Gasteiger partial charge in [-0.3, -0.25) is 0 Å². The van der Waals surface area contributed by atoms with Crippen LogP contribution in [0.1, 0.15) is 110 Å². The van der Waals surface area contributed by atoms with Crippen LogP contribution >= 0.6 is 0 Å². The van der Waals surface area contributed by atoms with Crippen LogP contribution in [0.3, 0.4) is 0 Å². The summed E-state index contributed by atoms with van der Waals surface area (Å²) in [6.45, 7) is 11.8. The molecule has 4 aliphatic carbocycles. The minimum atomic E-state index is 0.366. The lowest BCUT2D eigenvalue weighted by Crippen LogP contribution is -2.48. The van der Waals surface area contributed by atoms with Gasteiger partial charge in [0.2, 0.25) is 0 Å². The number of rotatable bonds is 6. The van der Waals surface area contributed by atoms with Crippen molar-refractivity contribution in [3.8, 4) is 0 Å². The molecule has 0 spiro atoms. The highest BCUT2D eigenvalue weighted by molar-refractivity contribution is 5.31. The van der Waals surface area contributed by atoms with Crippen LogP contribution < -0.4 is 0 Å². The molecule has 1 aromatic carbocycles. The summed E-state index contributed by atoms with van der Waals surface area (Å²) in [7, 11) is 0. The van der Waals surface area contributed by atoms with Crippen LogP contribution in [0.2, 0.25) is 0 Å². The van der Waals surface area contributed by atoms with Gasteiger partial charge in [-0.1, -0.05) is 82.9 Å². The first-order valence-electron chi connectivity index (χ1n) is 14.6. The van der Waals surface area contributed by atoms with Crippen molar-refractivity contribution in [3.05, 3.63) is 48.6 Å². The average molecular weight is 447 g/mol. The Kier molecular flexibility index (Phi) is 6.85. The summed E-state index contributed by atoms with van der Waals surface area (Å²) in [5.41, 5.74) is 2.52. The molecule has 182 valence electrons. The van der Waals surface area contributed by atoms with Gasteiger partial charge in [0.1, 0.15) is 0 Å². The Hall–Kier alpha value is -1.04. The number of hydrogen-bond acceptors (Lipinski definition) is 0. The fourth-order valence-electron chi connectivity index (χ4n) is 9.95. The average Bonchev–Trinajstić information content (AvgIpc) is 3.47. The summed E-state index contributed by atoms with van der Waals surface area (Å²) < 4.78 is 0. The van der Waals surface area contributed by atoms with Gasteiger partial charge in [-0.05, 0) is 110 Å². The first-order valence-corrected chi connectivity index (χ1v) is 14.6. The van der Waals surface area contributed by atoms with Crippen LogP contribution in [0.4, 0.5) is 0 Å². The van der Waals surface area contributed by atoms with Gasteiger partial charge in [0.15, 0.2) is 0 Å². The van der Waals surface area contributed by atoms with Crippen molar-refractivity contribution in [2.24, 2.45) is 46.8 Å². The van der Waals surface area contributed by atoms with Gasteiger partial charge in [-0.2, -0.15) is 0 Å². The van der Waals surface area contributed by atoms with Gasteiger partial charge in [-0.25, -0.2) is 0 Å². The fourth-order valence-corrected chi connectivity index (χ4v) is 9.95. The molecule has 0 bridgehead atoms. The molecule has 0 heteroatoms. The van der Waals surface area contributed by atoms with Crippen LogP contribution in [0.15, 0.2) is 43.0 Å². The molecule has 4 saturated carbocycles. The molecule has 4 aliphatic rings. The van der Waals surface area contributed by atoms with Gasteiger partial charge in [0, 0.05) is 5.41 Å². The molecule has 4 fully saturated rings. The lowest BCUT2D eigenvalue weighted by Gasteiger charge is -2.52. The maximum absolute atomic E-state index is 4.22. The van der Waals surface area contributed by atoms with Gasteiger partial charge in [0.05, 0.1) is 0 Å². The van der Waals surface area contributed by atoms with E-state index in [4.69, 9.17) is 0 Å². The molecule has 7 unspecified atom stereocenters. The lowest BCUT2D eigenvalue weighted by atomic mass is 9.52. The van der Waals surface area contributed by atoms with E-state index in [9.17, 15) is 0 Å². The molecule has 0 radical (unpaired) electrons. The SMILES string of the molecule is C=CCCC(c1ccccc1)(C1CCCC1)C1C2CCCCC2C2CCC(C(C)(C)C)CC21. The van der Waals surface area contributed by atoms with E-state index in [1.165, 1.54) is 83.5 Å². The van der Waals surface area contributed by atoms with E-state index >= 15 is 0 Å². The van der Waals surface area contributed by atoms with Crippen LogP contribution in [-0.2, 0) is 5.41 Å². The number of fused-ring (bicyclic) bond motifs is 3. The predicted octanol–water partition coefficient (Wildman–Crippen LogP) is 9.60. The van der Waals surface area contributed by atoms with Crippen molar-refractivity contribution in [3.63, 3.8) is 0 Å². The van der Waals surface area contributed by atoms with E-state index in [0.717, 1.165) is 41.4 Å². The summed E-state index contributed by atoms with van der Waals surface area (Å²) in [6.07, 6.45) is 21.1.